The van der Waals surface area contributed by atoms with E-state index in [1.807, 2.05) is 17.8 Å². The lowest BCUT2D eigenvalue weighted by Gasteiger charge is -1.97. The second-order valence-corrected chi connectivity index (χ2v) is 4.11. The first-order chi connectivity index (χ1) is 5.84. The van der Waals surface area contributed by atoms with Crippen molar-refractivity contribution in [2.75, 3.05) is 11.6 Å². The first-order valence-electron chi connectivity index (χ1n) is 4.01. The molecule has 0 radical (unpaired) electrons. The van der Waals surface area contributed by atoms with Crippen LogP contribution in [0.5, 0.6) is 0 Å². The van der Waals surface area contributed by atoms with Gasteiger partial charge in [0.2, 0.25) is 0 Å². The molecule has 0 spiro atoms. The van der Waals surface area contributed by atoms with E-state index in [0.717, 1.165) is 29.6 Å². The zero-order valence-corrected chi connectivity index (χ0v) is 8.75. The van der Waals surface area contributed by atoms with Gasteiger partial charge in [-0.05, 0) is 30.7 Å². The van der Waals surface area contributed by atoms with Crippen LogP contribution in [0.4, 0.5) is 0 Å². The van der Waals surface area contributed by atoms with Crippen molar-refractivity contribution in [3.63, 3.8) is 0 Å². The van der Waals surface area contributed by atoms with Crippen molar-refractivity contribution in [1.29, 1.82) is 0 Å². The number of hydrogen-bond donors (Lipinski definition) is 0. The van der Waals surface area contributed by atoms with Crippen molar-refractivity contribution in [3.05, 3.63) is 23.7 Å². The summed E-state index contributed by atoms with van der Waals surface area (Å²) in [5, 5.41) is 0. The molecular weight excluding hydrogens is 192 g/mol. The van der Waals surface area contributed by atoms with Gasteiger partial charge < -0.3 is 4.42 Å². The standard InChI is InChI=1S/C9H13ClOS/c1-8-3-5-11-9(8)7-12-6-2-4-10/h3,5H,2,4,6-7H2,1H3. The molecule has 0 N–H and O–H groups in total. The SMILES string of the molecule is Cc1ccoc1CSCCCCl. The number of alkyl halides is 1. The van der Waals surface area contributed by atoms with Gasteiger partial charge in [-0.25, -0.2) is 0 Å². The van der Waals surface area contributed by atoms with E-state index in [1.165, 1.54) is 5.56 Å². The Morgan fingerprint density at radius 1 is 1.58 bits per heavy atom. The number of thioether (sulfide) groups is 1. The second-order valence-electron chi connectivity index (χ2n) is 2.62. The van der Waals surface area contributed by atoms with E-state index in [-0.39, 0.29) is 0 Å². The van der Waals surface area contributed by atoms with E-state index in [2.05, 4.69) is 6.92 Å². The Labute approximate surface area is 82.5 Å². The summed E-state index contributed by atoms with van der Waals surface area (Å²) >= 11 is 7.43. The van der Waals surface area contributed by atoms with Gasteiger partial charge in [-0.2, -0.15) is 11.8 Å². The third-order valence-corrected chi connectivity index (χ3v) is 2.93. The third-order valence-electron chi connectivity index (χ3n) is 1.62. The highest BCUT2D eigenvalue weighted by molar-refractivity contribution is 7.98. The molecule has 0 saturated carbocycles. The molecule has 0 saturated heterocycles. The van der Waals surface area contributed by atoms with Gasteiger partial charge >= 0.3 is 0 Å². The minimum atomic E-state index is 0.754. The van der Waals surface area contributed by atoms with Crippen molar-refractivity contribution in [2.24, 2.45) is 0 Å². The minimum absolute atomic E-state index is 0.754. The fourth-order valence-electron chi connectivity index (χ4n) is 0.873. The van der Waals surface area contributed by atoms with E-state index in [9.17, 15) is 0 Å². The normalized spacial score (nSPS) is 10.5. The highest BCUT2D eigenvalue weighted by Gasteiger charge is 2.00. The molecule has 3 heteroatoms. The number of aryl methyl sites for hydroxylation is 1. The molecule has 0 aliphatic rings. The molecule has 0 atom stereocenters. The number of halogens is 1. The Balaban J connectivity index is 2.20. The van der Waals surface area contributed by atoms with Crippen LogP contribution in [-0.2, 0) is 5.75 Å². The lowest BCUT2D eigenvalue weighted by atomic mass is 10.3. The van der Waals surface area contributed by atoms with E-state index in [1.54, 1.807) is 6.26 Å². The summed E-state index contributed by atoms with van der Waals surface area (Å²) < 4.78 is 5.29. The maximum Gasteiger partial charge on any atom is 0.116 e. The fraction of sp³-hybridized carbons (Fsp3) is 0.556. The van der Waals surface area contributed by atoms with Crippen LogP contribution in [0.25, 0.3) is 0 Å². The third kappa shape index (κ3) is 3.11. The molecule has 0 aliphatic heterocycles. The summed E-state index contributed by atoms with van der Waals surface area (Å²) in [7, 11) is 0. The number of rotatable bonds is 5. The monoisotopic (exact) mass is 204 g/mol. The molecule has 1 nitrogen and oxygen atoms in total. The molecule has 1 aromatic heterocycles. The first kappa shape index (κ1) is 10.0. The molecule has 0 aromatic carbocycles. The highest BCUT2D eigenvalue weighted by atomic mass is 35.5. The number of hydrogen-bond acceptors (Lipinski definition) is 2. The average Bonchev–Trinajstić information content (AvgIpc) is 2.46. The van der Waals surface area contributed by atoms with Gasteiger partial charge in [0.05, 0.1) is 12.0 Å². The van der Waals surface area contributed by atoms with Crippen LogP contribution in [0.2, 0.25) is 0 Å². The zero-order valence-electron chi connectivity index (χ0n) is 7.18. The van der Waals surface area contributed by atoms with Gasteiger partial charge in [0.25, 0.3) is 0 Å². The van der Waals surface area contributed by atoms with E-state index in [0.29, 0.717) is 0 Å². The molecular formula is C9H13ClOS. The van der Waals surface area contributed by atoms with E-state index >= 15 is 0 Å². The van der Waals surface area contributed by atoms with Gasteiger partial charge in [0.1, 0.15) is 5.76 Å². The largest absolute Gasteiger partial charge is 0.468 e. The smallest absolute Gasteiger partial charge is 0.116 e. The average molecular weight is 205 g/mol. The summed E-state index contributed by atoms with van der Waals surface area (Å²) in [5.41, 5.74) is 1.24. The Bertz CT molecular complexity index is 222. The van der Waals surface area contributed by atoms with Crippen molar-refractivity contribution in [2.45, 2.75) is 19.1 Å². The van der Waals surface area contributed by atoms with Gasteiger partial charge in [0, 0.05) is 5.88 Å². The quantitative estimate of drug-likeness (QED) is 0.539. The van der Waals surface area contributed by atoms with Crippen LogP contribution in [-0.4, -0.2) is 11.6 Å². The van der Waals surface area contributed by atoms with Crippen LogP contribution < -0.4 is 0 Å². The summed E-state index contributed by atoms with van der Waals surface area (Å²) in [6.07, 6.45) is 2.82. The summed E-state index contributed by atoms with van der Waals surface area (Å²) in [6.45, 7) is 2.07. The summed E-state index contributed by atoms with van der Waals surface area (Å²) in [5.74, 6) is 3.93. The topological polar surface area (TPSA) is 13.1 Å². The molecule has 0 unspecified atom stereocenters. The first-order valence-corrected chi connectivity index (χ1v) is 5.70. The van der Waals surface area contributed by atoms with Gasteiger partial charge in [0.15, 0.2) is 0 Å². The fourth-order valence-corrected chi connectivity index (χ4v) is 2.14. The second kappa shape index (κ2) is 5.55. The maximum absolute atomic E-state index is 5.56. The van der Waals surface area contributed by atoms with Gasteiger partial charge in [-0.1, -0.05) is 0 Å². The Morgan fingerprint density at radius 2 is 2.42 bits per heavy atom. The van der Waals surface area contributed by atoms with Crippen LogP contribution in [0.1, 0.15) is 17.7 Å². The van der Waals surface area contributed by atoms with E-state index < -0.39 is 0 Å². The Morgan fingerprint density at radius 3 is 3.00 bits per heavy atom. The van der Waals surface area contributed by atoms with Crippen LogP contribution in [0.3, 0.4) is 0 Å². The highest BCUT2D eigenvalue weighted by Crippen LogP contribution is 2.17. The van der Waals surface area contributed by atoms with Crippen molar-refractivity contribution in [3.8, 4) is 0 Å². The molecule has 12 heavy (non-hydrogen) atoms. The maximum atomic E-state index is 5.56. The van der Waals surface area contributed by atoms with Gasteiger partial charge in [-0.15, -0.1) is 11.6 Å². The lowest BCUT2D eigenvalue weighted by molar-refractivity contribution is 0.528. The van der Waals surface area contributed by atoms with Crippen molar-refractivity contribution < 1.29 is 4.42 Å². The van der Waals surface area contributed by atoms with Crippen LogP contribution in [0.15, 0.2) is 16.7 Å². The lowest BCUT2D eigenvalue weighted by Crippen LogP contribution is -1.84. The molecule has 0 bridgehead atoms. The predicted molar refractivity (Wildman–Crippen MR) is 54.9 cm³/mol. The van der Waals surface area contributed by atoms with E-state index in [4.69, 9.17) is 16.0 Å². The molecule has 0 fully saturated rings. The van der Waals surface area contributed by atoms with Crippen LogP contribution >= 0.6 is 23.4 Å². The van der Waals surface area contributed by atoms with Gasteiger partial charge in [-0.3, -0.25) is 0 Å². The molecule has 1 heterocycles. The molecule has 1 rings (SSSR count). The zero-order chi connectivity index (χ0) is 8.81. The molecule has 68 valence electrons. The minimum Gasteiger partial charge on any atom is -0.468 e. The molecule has 0 amide bonds. The Kier molecular flexibility index (Phi) is 4.62. The molecule has 1 aromatic rings. The summed E-state index contributed by atoms with van der Waals surface area (Å²) in [6, 6.07) is 2.00. The summed E-state index contributed by atoms with van der Waals surface area (Å²) in [4.78, 5) is 0. The van der Waals surface area contributed by atoms with Crippen molar-refractivity contribution in [1.82, 2.24) is 0 Å². The predicted octanol–water partition coefficient (Wildman–Crippen LogP) is 3.45. The Hall–Kier alpha value is -0.0800. The number of furan rings is 1. The van der Waals surface area contributed by atoms with Crippen LogP contribution in [0, 0.1) is 6.92 Å². The van der Waals surface area contributed by atoms with Crippen molar-refractivity contribution >= 4 is 23.4 Å². The molecule has 0 aliphatic carbocycles.